The summed E-state index contributed by atoms with van der Waals surface area (Å²) in [7, 11) is 0. The molecule has 124 valence electrons. The molecule has 0 aliphatic rings. The molecule has 2 N–H and O–H groups in total. The highest BCUT2D eigenvalue weighted by Crippen LogP contribution is 2.16. The van der Waals surface area contributed by atoms with Crippen molar-refractivity contribution in [2.75, 3.05) is 13.1 Å². The lowest BCUT2D eigenvalue weighted by atomic mass is 10.2. The molecule has 0 unspecified atom stereocenters. The van der Waals surface area contributed by atoms with E-state index in [2.05, 4.69) is 36.7 Å². The molecular formula is C16H21BrFN5. The number of rotatable bonds is 7. The normalized spacial score (nSPS) is 11.5. The number of halogens is 2. The van der Waals surface area contributed by atoms with Crippen LogP contribution in [-0.2, 0) is 13.1 Å². The Balaban J connectivity index is 1.82. The Bertz CT molecular complexity index is 627. The summed E-state index contributed by atoms with van der Waals surface area (Å²) in [6, 6.07) is 6.97. The number of nitrogens with zero attached hydrogens (tertiary/aromatic N) is 3. The van der Waals surface area contributed by atoms with E-state index >= 15 is 0 Å². The molecule has 1 heterocycles. The summed E-state index contributed by atoms with van der Waals surface area (Å²) in [6.45, 7) is 4.87. The van der Waals surface area contributed by atoms with Gasteiger partial charge in [-0.1, -0.05) is 6.07 Å². The first kappa shape index (κ1) is 17.5. The molecule has 1 aromatic heterocycles. The number of aryl methyl sites for hydroxylation is 1. The molecule has 0 saturated carbocycles. The van der Waals surface area contributed by atoms with Crippen LogP contribution in [-0.4, -0.2) is 28.8 Å². The van der Waals surface area contributed by atoms with Crippen LogP contribution in [0.15, 0.2) is 46.1 Å². The highest BCUT2D eigenvalue weighted by Gasteiger charge is 2.01. The third kappa shape index (κ3) is 6.02. The van der Waals surface area contributed by atoms with Gasteiger partial charge in [0.2, 0.25) is 0 Å². The predicted octanol–water partition coefficient (Wildman–Crippen LogP) is 2.93. The van der Waals surface area contributed by atoms with Crippen LogP contribution in [0.25, 0.3) is 0 Å². The van der Waals surface area contributed by atoms with Crippen LogP contribution in [0.5, 0.6) is 0 Å². The van der Waals surface area contributed by atoms with Crippen LogP contribution < -0.4 is 10.6 Å². The monoisotopic (exact) mass is 381 g/mol. The Morgan fingerprint density at radius 3 is 2.96 bits per heavy atom. The van der Waals surface area contributed by atoms with E-state index in [1.165, 1.54) is 6.07 Å². The SMILES string of the molecule is CCNC(=NCc1ccc(Br)c(F)c1)NCCCn1cccn1. The van der Waals surface area contributed by atoms with Crippen LogP contribution in [0.1, 0.15) is 18.9 Å². The highest BCUT2D eigenvalue weighted by molar-refractivity contribution is 9.10. The Morgan fingerprint density at radius 2 is 2.26 bits per heavy atom. The maximum Gasteiger partial charge on any atom is 0.191 e. The van der Waals surface area contributed by atoms with Gasteiger partial charge < -0.3 is 10.6 Å². The van der Waals surface area contributed by atoms with E-state index in [0.29, 0.717) is 11.0 Å². The van der Waals surface area contributed by atoms with Crippen LogP contribution in [0.4, 0.5) is 4.39 Å². The minimum atomic E-state index is -0.269. The molecular weight excluding hydrogens is 361 g/mol. The maximum absolute atomic E-state index is 13.5. The number of aromatic nitrogens is 2. The molecule has 0 amide bonds. The van der Waals surface area contributed by atoms with Gasteiger partial charge in [-0.2, -0.15) is 5.10 Å². The van der Waals surface area contributed by atoms with Gasteiger partial charge in [-0.25, -0.2) is 9.38 Å². The Hall–Kier alpha value is -1.89. The molecule has 5 nitrogen and oxygen atoms in total. The van der Waals surface area contributed by atoms with E-state index in [-0.39, 0.29) is 5.82 Å². The standard InChI is InChI=1S/C16H21BrFN5/c1-2-19-16(20-7-3-9-23-10-4-8-22-23)21-12-13-5-6-14(17)15(18)11-13/h4-6,8,10-11H,2-3,7,9,12H2,1H3,(H2,19,20,21). The van der Waals surface area contributed by atoms with E-state index in [9.17, 15) is 4.39 Å². The number of hydrogen-bond acceptors (Lipinski definition) is 2. The smallest absolute Gasteiger partial charge is 0.191 e. The van der Waals surface area contributed by atoms with E-state index in [1.807, 2.05) is 29.9 Å². The molecule has 2 aromatic rings. The largest absolute Gasteiger partial charge is 0.357 e. The third-order valence-corrected chi connectivity index (χ3v) is 3.81. The molecule has 2 rings (SSSR count). The molecule has 0 saturated heterocycles. The van der Waals surface area contributed by atoms with Gasteiger partial charge in [0.15, 0.2) is 5.96 Å². The van der Waals surface area contributed by atoms with Gasteiger partial charge >= 0.3 is 0 Å². The minimum absolute atomic E-state index is 0.269. The van der Waals surface area contributed by atoms with Crippen molar-refractivity contribution in [1.82, 2.24) is 20.4 Å². The highest BCUT2D eigenvalue weighted by atomic mass is 79.9. The summed E-state index contributed by atoms with van der Waals surface area (Å²) in [4.78, 5) is 4.48. The van der Waals surface area contributed by atoms with Crippen LogP contribution >= 0.6 is 15.9 Å². The second-order valence-electron chi connectivity index (χ2n) is 4.99. The molecule has 0 aliphatic carbocycles. The van der Waals surface area contributed by atoms with Gasteiger partial charge in [0, 0.05) is 32.0 Å². The molecule has 0 spiro atoms. The average molecular weight is 382 g/mol. The molecule has 1 aromatic carbocycles. The molecule has 7 heteroatoms. The fraction of sp³-hybridized carbons (Fsp3) is 0.375. The van der Waals surface area contributed by atoms with Crippen LogP contribution in [0.2, 0.25) is 0 Å². The number of guanidine groups is 1. The zero-order chi connectivity index (χ0) is 16.5. The van der Waals surface area contributed by atoms with Crippen molar-refractivity contribution >= 4 is 21.9 Å². The lowest BCUT2D eigenvalue weighted by Crippen LogP contribution is -2.38. The predicted molar refractivity (Wildman–Crippen MR) is 93.8 cm³/mol. The molecule has 0 aliphatic heterocycles. The zero-order valence-corrected chi connectivity index (χ0v) is 14.7. The zero-order valence-electron chi connectivity index (χ0n) is 13.1. The molecule has 23 heavy (non-hydrogen) atoms. The van der Waals surface area contributed by atoms with Crippen molar-refractivity contribution in [2.24, 2.45) is 4.99 Å². The second kappa shape index (κ2) is 9.29. The number of benzene rings is 1. The van der Waals surface area contributed by atoms with Crippen molar-refractivity contribution in [3.63, 3.8) is 0 Å². The molecule has 0 radical (unpaired) electrons. The summed E-state index contributed by atoms with van der Waals surface area (Å²) in [5, 5.41) is 10.6. The number of aliphatic imine (C=N–C) groups is 1. The van der Waals surface area contributed by atoms with Crippen molar-refractivity contribution in [3.05, 3.63) is 52.5 Å². The van der Waals surface area contributed by atoms with Crippen LogP contribution in [0.3, 0.4) is 0 Å². The van der Waals surface area contributed by atoms with Crippen molar-refractivity contribution in [3.8, 4) is 0 Å². The Morgan fingerprint density at radius 1 is 1.39 bits per heavy atom. The summed E-state index contributed by atoms with van der Waals surface area (Å²) in [5.41, 5.74) is 0.833. The van der Waals surface area contributed by atoms with Gasteiger partial charge in [0.25, 0.3) is 0 Å². The van der Waals surface area contributed by atoms with E-state index in [1.54, 1.807) is 12.3 Å². The Kier molecular flexibility index (Phi) is 7.06. The van der Waals surface area contributed by atoms with E-state index < -0.39 is 0 Å². The first-order valence-electron chi connectivity index (χ1n) is 7.62. The lowest BCUT2D eigenvalue weighted by Gasteiger charge is -2.11. The summed E-state index contributed by atoms with van der Waals surface area (Å²) in [6.07, 6.45) is 4.66. The van der Waals surface area contributed by atoms with Crippen molar-refractivity contribution < 1.29 is 4.39 Å². The first-order chi connectivity index (χ1) is 11.2. The van der Waals surface area contributed by atoms with Gasteiger partial charge in [-0.05, 0) is 53.0 Å². The second-order valence-corrected chi connectivity index (χ2v) is 5.85. The third-order valence-electron chi connectivity index (χ3n) is 3.16. The average Bonchev–Trinajstić information content (AvgIpc) is 3.05. The fourth-order valence-electron chi connectivity index (χ4n) is 2.03. The number of hydrogen-bond donors (Lipinski definition) is 2. The first-order valence-corrected chi connectivity index (χ1v) is 8.42. The van der Waals surface area contributed by atoms with Gasteiger partial charge in [-0.3, -0.25) is 4.68 Å². The molecule has 0 atom stereocenters. The van der Waals surface area contributed by atoms with Crippen LogP contribution in [0, 0.1) is 5.82 Å². The quantitative estimate of drug-likeness (QED) is 0.440. The topological polar surface area (TPSA) is 54.2 Å². The van der Waals surface area contributed by atoms with Gasteiger partial charge in [0.05, 0.1) is 11.0 Å². The van der Waals surface area contributed by atoms with E-state index in [4.69, 9.17) is 0 Å². The summed E-state index contributed by atoms with van der Waals surface area (Å²) < 4.78 is 15.9. The van der Waals surface area contributed by atoms with Gasteiger partial charge in [0.1, 0.15) is 5.82 Å². The fourth-order valence-corrected chi connectivity index (χ4v) is 2.28. The lowest BCUT2D eigenvalue weighted by molar-refractivity contribution is 0.570. The van der Waals surface area contributed by atoms with Crippen molar-refractivity contribution in [1.29, 1.82) is 0 Å². The summed E-state index contributed by atoms with van der Waals surface area (Å²) in [5.74, 6) is 0.464. The van der Waals surface area contributed by atoms with E-state index in [0.717, 1.165) is 37.6 Å². The maximum atomic E-state index is 13.5. The number of nitrogens with one attached hydrogen (secondary N) is 2. The minimum Gasteiger partial charge on any atom is -0.357 e. The summed E-state index contributed by atoms with van der Waals surface area (Å²) >= 11 is 3.15. The van der Waals surface area contributed by atoms with Gasteiger partial charge in [-0.15, -0.1) is 0 Å². The Labute approximate surface area is 144 Å². The molecule has 0 fully saturated rings. The van der Waals surface area contributed by atoms with Crippen molar-refractivity contribution in [2.45, 2.75) is 26.4 Å². The molecule has 0 bridgehead atoms.